The zero-order chi connectivity index (χ0) is 17.9. The zero-order valence-corrected chi connectivity index (χ0v) is 16.2. The van der Waals surface area contributed by atoms with E-state index in [9.17, 15) is 0 Å². The van der Waals surface area contributed by atoms with Gasteiger partial charge in [-0.25, -0.2) is 4.68 Å². The third-order valence-electron chi connectivity index (χ3n) is 5.80. The van der Waals surface area contributed by atoms with Gasteiger partial charge in [-0.1, -0.05) is 13.8 Å². The Hall–Kier alpha value is -1.66. The molecule has 0 aromatic carbocycles. The minimum Gasteiger partial charge on any atom is -0.296 e. The Morgan fingerprint density at radius 3 is 1.81 bits per heavy atom. The van der Waals surface area contributed by atoms with Crippen molar-refractivity contribution in [1.82, 2.24) is 29.3 Å². The summed E-state index contributed by atoms with van der Waals surface area (Å²) in [6.45, 7) is 11.1. The smallest absolute Gasteiger partial charge is 0.167 e. The molecule has 4 rings (SSSR count). The van der Waals surface area contributed by atoms with Gasteiger partial charge in [-0.3, -0.25) is 14.5 Å². The second-order valence-electron chi connectivity index (χ2n) is 8.37. The Morgan fingerprint density at radius 1 is 0.846 bits per heavy atom. The molecule has 2 aromatic rings. The summed E-state index contributed by atoms with van der Waals surface area (Å²) < 4.78 is 4.35. The fourth-order valence-electron chi connectivity index (χ4n) is 4.53. The number of hydrogen-bond acceptors (Lipinski definition) is 4. The van der Waals surface area contributed by atoms with Crippen LogP contribution in [0, 0.1) is 11.8 Å². The molecule has 0 spiro atoms. The monoisotopic (exact) mass is 356 g/mol. The first-order valence-corrected chi connectivity index (χ1v) is 10.2. The Morgan fingerprint density at radius 2 is 1.35 bits per heavy atom. The van der Waals surface area contributed by atoms with E-state index in [1.54, 1.807) is 0 Å². The van der Waals surface area contributed by atoms with Gasteiger partial charge >= 0.3 is 0 Å². The highest BCUT2D eigenvalue weighted by Gasteiger charge is 2.23. The molecule has 142 valence electrons. The van der Waals surface area contributed by atoms with Crippen molar-refractivity contribution >= 4 is 0 Å². The quantitative estimate of drug-likeness (QED) is 0.826. The number of piperidine rings is 2. The van der Waals surface area contributed by atoms with Crippen molar-refractivity contribution in [2.45, 2.75) is 52.6 Å². The van der Waals surface area contributed by atoms with Gasteiger partial charge in [-0.2, -0.15) is 0 Å². The molecule has 0 unspecified atom stereocenters. The summed E-state index contributed by atoms with van der Waals surface area (Å²) >= 11 is 0. The number of rotatable bonds is 5. The van der Waals surface area contributed by atoms with E-state index >= 15 is 0 Å². The van der Waals surface area contributed by atoms with Gasteiger partial charge in [0.2, 0.25) is 0 Å². The van der Waals surface area contributed by atoms with Crippen LogP contribution in [0.25, 0.3) is 0 Å². The summed E-state index contributed by atoms with van der Waals surface area (Å²) in [5.74, 6) is 3.66. The highest BCUT2D eigenvalue weighted by Crippen LogP contribution is 2.20. The minimum atomic E-state index is 0.779. The first-order valence-electron chi connectivity index (χ1n) is 10.2. The number of likely N-dealkylation sites (tertiary alicyclic amines) is 2. The molecule has 4 heterocycles. The molecule has 0 amide bonds. The molecule has 6 nitrogen and oxygen atoms in total. The van der Waals surface area contributed by atoms with Crippen LogP contribution in [-0.4, -0.2) is 55.5 Å². The van der Waals surface area contributed by atoms with Crippen LogP contribution >= 0.6 is 0 Å². The van der Waals surface area contributed by atoms with Crippen LogP contribution in [0.3, 0.4) is 0 Å². The van der Waals surface area contributed by atoms with Crippen molar-refractivity contribution in [2.75, 3.05) is 26.2 Å². The fraction of sp³-hybridized carbons (Fsp3) is 0.700. The van der Waals surface area contributed by atoms with Gasteiger partial charge in [0.1, 0.15) is 0 Å². The largest absolute Gasteiger partial charge is 0.296 e. The van der Waals surface area contributed by atoms with Crippen LogP contribution in [0.5, 0.6) is 0 Å². The van der Waals surface area contributed by atoms with E-state index in [-0.39, 0.29) is 0 Å². The van der Waals surface area contributed by atoms with Gasteiger partial charge < -0.3 is 0 Å². The average molecular weight is 357 g/mol. The average Bonchev–Trinajstić information content (AvgIpc) is 3.25. The van der Waals surface area contributed by atoms with Crippen molar-refractivity contribution in [3.05, 3.63) is 36.2 Å². The molecular weight excluding hydrogens is 324 g/mol. The molecule has 2 atom stereocenters. The first-order chi connectivity index (χ1) is 12.7. The Labute approximate surface area is 156 Å². The Bertz CT molecular complexity index is 650. The van der Waals surface area contributed by atoms with Gasteiger partial charge in [-0.05, 0) is 62.7 Å². The molecule has 2 aliphatic heterocycles. The van der Waals surface area contributed by atoms with E-state index in [0.717, 1.165) is 49.7 Å². The summed E-state index contributed by atoms with van der Waals surface area (Å²) in [6.07, 6.45) is 9.45. The molecule has 0 radical (unpaired) electrons. The first kappa shape index (κ1) is 17.7. The standard InChI is InChI=1S/C20H32N6/c1-17-7-5-9-23(13-17)15-19-21-22-20(26(19)25-11-3-4-12-25)16-24-10-6-8-18(2)14-24/h3-4,11-12,17-18H,5-10,13-16H2,1-2H3/t17-,18-/m0/s1. The number of hydrogen-bond donors (Lipinski definition) is 0. The lowest BCUT2D eigenvalue weighted by atomic mass is 10.0. The maximum atomic E-state index is 4.60. The summed E-state index contributed by atoms with van der Waals surface area (Å²) in [5, 5.41) is 9.20. The van der Waals surface area contributed by atoms with E-state index in [0.29, 0.717) is 0 Å². The van der Waals surface area contributed by atoms with Crippen molar-refractivity contribution in [2.24, 2.45) is 11.8 Å². The van der Waals surface area contributed by atoms with Gasteiger partial charge in [0.25, 0.3) is 0 Å². The molecule has 6 heteroatoms. The van der Waals surface area contributed by atoms with Crippen LogP contribution in [0.2, 0.25) is 0 Å². The van der Waals surface area contributed by atoms with Crippen LogP contribution in [0.1, 0.15) is 51.2 Å². The molecule has 2 aromatic heterocycles. The van der Waals surface area contributed by atoms with Gasteiger partial charge in [-0.15, -0.1) is 10.2 Å². The summed E-state index contributed by atoms with van der Waals surface area (Å²) in [7, 11) is 0. The SMILES string of the molecule is C[C@H]1CCCN(Cc2nnc(CN3CCC[C@H](C)C3)n2-n2cccc2)C1. The van der Waals surface area contributed by atoms with Gasteiger partial charge in [0.05, 0.1) is 13.1 Å². The van der Waals surface area contributed by atoms with Crippen molar-refractivity contribution in [3.63, 3.8) is 0 Å². The molecule has 2 fully saturated rings. The molecular formula is C20H32N6. The molecule has 0 N–H and O–H groups in total. The maximum Gasteiger partial charge on any atom is 0.167 e. The van der Waals surface area contributed by atoms with E-state index in [4.69, 9.17) is 0 Å². The number of aromatic nitrogens is 4. The van der Waals surface area contributed by atoms with Gasteiger partial charge in [0, 0.05) is 25.5 Å². The molecule has 0 bridgehead atoms. The van der Waals surface area contributed by atoms with Crippen LogP contribution in [0.15, 0.2) is 24.5 Å². The van der Waals surface area contributed by atoms with E-state index in [1.807, 2.05) is 0 Å². The minimum absolute atomic E-state index is 0.779. The van der Waals surface area contributed by atoms with E-state index < -0.39 is 0 Å². The highest BCUT2D eigenvalue weighted by molar-refractivity contribution is 5.02. The summed E-state index contributed by atoms with van der Waals surface area (Å²) in [6, 6.07) is 4.14. The topological polar surface area (TPSA) is 42.1 Å². The molecule has 26 heavy (non-hydrogen) atoms. The van der Waals surface area contributed by atoms with Crippen LogP contribution in [0.4, 0.5) is 0 Å². The lowest BCUT2D eigenvalue weighted by molar-refractivity contribution is 0.165. The van der Waals surface area contributed by atoms with Crippen molar-refractivity contribution < 1.29 is 0 Å². The van der Waals surface area contributed by atoms with E-state index in [2.05, 4.69) is 67.7 Å². The summed E-state index contributed by atoms with van der Waals surface area (Å²) in [5.41, 5.74) is 0. The lowest BCUT2D eigenvalue weighted by Gasteiger charge is -2.31. The third kappa shape index (κ3) is 4.01. The summed E-state index contributed by atoms with van der Waals surface area (Å²) in [4.78, 5) is 5.07. The second-order valence-corrected chi connectivity index (χ2v) is 8.37. The van der Waals surface area contributed by atoms with Crippen LogP contribution in [-0.2, 0) is 13.1 Å². The lowest BCUT2D eigenvalue weighted by Crippen LogP contribution is -2.36. The zero-order valence-electron chi connectivity index (χ0n) is 16.2. The van der Waals surface area contributed by atoms with Crippen molar-refractivity contribution in [1.29, 1.82) is 0 Å². The highest BCUT2D eigenvalue weighted by atomic mass is 15.5. The fourth-order valence-corrected chi connectivity index (χ4v) is 4.53. The number of nitrogens with zero attached hydrogens (tertiary/aromatic N) is 6. The normalized spacial score (nSPS) is 25.6. The molecule has 2 saturated heterocycles. The van der Waals surface area contributed by atoms with Gasteiger partial charge in [0.15, 0.2) is 11.6 Å². The van der Waals surface area contributed by atoms with E-state index in [1.165, 1.54) is 38.8 Å². The molecule has 2 aliphatic rings. The Kier molecular flexibility index (Phi) is 5.41. The predicted octanol–water partition coefficient (Wildman–Crippen LogP) is 2.85. The third-order valence-corrected chi connectivity index (χ3v) is 5.80. The van der Waals surface area contributed by atoms with Crippen LogP contribution < -0.4 is 0 Å². The Balaban J connectivity index is 1.55. The second kappa shape index (κ2) is 7.92. The predicted molar refractivity (Wildman–Crippen MR) is 103 cm³/mol. The molecule has 0 aliphatic carbocycles. The molecule has 0 saturated carbocycles. The van der Waals surface area contributed by atoms with Crippen molar-refractivity contribution in [3.8, 4) is 0 Å². The maximum absolute atomic E-state index is 4.60.